The highest BCUT2D eigenvalue weighted by Gasteiger charge is 2.23. The van der Waals surface area contributed by atoms with E-state index in [1.54, 1.807) is 17.0 Å². The molecule has 8 nitrogen and oxygen atoms in total. The molecule has 1 saturated heterocycles. The van der Waals surface area contributed by atoms with Crippen LogP contribution in [0.4, 0.5) is 0 Å². The summed E-state index contributed by atoms with van der Waals surface area (Å²) >= 11 is 11.8. The lowest BCUT2D eigenvalue weighted by Gasteiger charge is -2.34. The third kappa shape index (κ3) is 4.39. The number of aromatic nitrogens is 4. The van der Waals surface area contributed by atoms with Crippen molar-refractivity contribution in [2.45, 2.75) is 6.54 Å². The van der Waals surface area contributed by atoms with E-state index in [0.29, 0.717) is 55.7 Å². The maximum absolute atomic E-state index is 12.7. The molecule has 3 heterocycles. The van der Waals surface area contributed by atoms with E-state index in [1.807, 2.05) is 12.1 Å². The first-order valence-electron chi connectivity index (χ1n) is 9.18. The molecule has 0 N–H and O–H groups in total. The van der Waals surface area contributed by atoms with E-state index in [4.69, 9.17) is 23.2 Å². The summed E-state index contributed by atoms with van der Waals surface area (Å²) in [6, 6.07) is 10.2. The van der Waals surface area contributed by atoms with Gasteiger partial charge in [0.05, 0.1) is 11.9 Å². The van der Waals surface area contributed by atoms with Gasteiger partial charge in [-0.3, -0.25) is 14.5 Å². The van der Waals surface area contributed by atoms with Crippen molar-refractivity contribution in [2.75, 3.05) is 32.7 Å². The number of carbonyl (C=O) groups is 1. The second-order valence-corrected chi connectivity index (χ2v) is 7.54. The minimum absolute atomic E-state index is 0.118. The topological polar surface area (TPSA) is 84.2 Å². The van der Waals surface area contributed by atoms with Crippen LogP contribution in [0.2, 0.25) is 10.3 Å². The van der Waals surface area contributed by atoms with Crippen LogP contribution in [0.15, 0.2) is 41.2 Å². The molecule has 1 fully saturated rings. The smallest absolute Gasteiger partial charge is 0.277 e. The van der Waals surface area contributed by atoms with Gasteiger partial charge in [0, 0.05) is 38.3 Å². The van der Waals surface area contributed by atoms with Crippen LogP contribution in [-0.4, -0.2) is 68.4 Å². The number of fused-ring (bicyclic) bond motifs is 1. The molecule has 29 heavy (non-hydrogen) atoms. The monoisotopic (exact) mass is 432 g/mol. The van der Waals surface area contributed by atoms with Crippen LogP contribution >= 0.6 is 23.2 Å². The number of pyridine rings is 1. The number of piperazine rings is 1. The summed E-state index contributed by atoms with van der Waals surface area (Å²) in [5.41, 5.74) is 0.884. The summed E-state index contributed by atoms with van der Waals surface area (Å²) in [7, 11) is 0. The lowest BCUT2D eigenvalue weighted by molar-refractivity contribution is 0.0631. The van der Waals surface area contributed by atoms with Gasteiger partial charge in [-0.25, -0.2) is 9.67 Å². The van der Waals surface area contributed by atoms with Gasteiger partial charge in [-0.1, -0.05) is 40.5 Å². The Balaban J connectivity index is 1.35. The molecule has 2 aromatic heterocycles. The molecule has 3 aromatic rings. The molecule has 10 heteroatoms. The van der Waals surface area contributed by atoms with Gasteiger partial charge < -0.3 is 4.90 Å². The number of hydrogen-bond donors (Lipinski definition) is 0. The first-order chi connectivity index (χ1) is 14.0. The normalized spacial score (nSPS) is 15.0. The van der Waals surface area contributed by atoms with Crippen LogP contribution < -0.4 is 5.56 Å². The van der Waals surface area contributed by atoms with Crippen molar-refractivity contribution in [3.8, 4) is 0 Å². The van der Waals surface area contributed by atoms with Crippen molar-refractivity contribution in [1.29, 1.82) is 0 Å². The number of carbonyl (C=O) groups excluding carboxylic acids is 1. The van der Waals surface area contributed by atoms with Gasteiger partial charge in [0.15, 0.2) is 0 Å². The molecule has 0 unspecified atom stereocenters. The van der Waals surface area contributed by atoms with Gasteiger partial charge >= 0.3 is 0 Å². The maximum Gasteiger partial charge on any atom is 0.277 e. The van der Waals surface area contributed by atoms with Crippen molar-refractivity contribution in [2.24, 2.45) is 0 Å². The van der Waals surface area contributed by atoms with E-state index in [9.17, 15) is 9.59 Å². The van der Waals surface area contributed by atoms with Crippen molar-refractivity contribution >= 4 is 40.0 Å². The molecule has 1 aliphatic heterocycles. The lowest BCUT2D eigenvalue weighted by atomic mass is 10.2. The van der Waals surface area contributed by atoms with E-state index in [1.165, 1.54) is 16.8 Å². The molecule has 1 amide bonds. The molecule has 0 aliphatic carbocycles. The van der Waals surface area contributed by atoms with Crippen LogP contribution in [0.3, 0.4) is 0 Å². The summed E-state index contributed by atoms with van der Waals surface area (Å²) in [5.74, 6) is -0.118. The Labute approximate surface area is 176 Å². The quantitative estimate of drug-likeness (QED) is 0.585. The first-order valence-corrected chi connectivity index (χ1v) is 9.94. The summed E-state index contributed by atoms with van der Waals surface area (Å²) in [6.45, 7) is 3.66. The molecule has 0 spiro atoms. The highest BCUT2D eigenvalue weighted by molar-refractivity contribution is 6.33. The van der Waals surface area contributed by atoms with E-state index >= 15 is 0 Å². The third-order valence-electron chi connectivity index (χ3n) is 4.93. The minimum atomic E-state index is -0.143. The Bertz CT molecular complexity index is 1090. The molecule has 0 bridgehead atoms. The predicted molar refractivity (Wildman–Crippen MR) is 110 cm³/mol. The molecule has 150 valence electrons. The number of benzene rings is 1. The van der Waals surface area contributed by atoms with Crippen LogP contribution in [0.1, 0.15) is 10.4 Å². The highest BCUT2D eigenvalue weighted by atomic mass is 35.5. The number of amides is 1. The van der Waals surface area contributed by atoms with Crippen molar-refractivity contribution in [3.63, 3.8) is 0 Å². The van der Waals surface area contributed by atoms with Gasteiger partial charge in [0.25, 0.3) is 11.5 Å². The fourth-order valence-corrected chi connectivity index (χ4v) is 3.81. The number of rotatable bonds is 4. The van der Waals surface area contributed by atoms with Gasteiger partial charge in [-0.15, -0.1) is 5.10 Å². The van der Waals surface area contributed by atoms with Crippen LogP contribution in [0, 0.1) is 0 Å². The van der Waals surface area contributed by atoms with Gasteiger partial charge in [-0.2, -0.15) is 0 Å². The van der Waals surface area contributed by atoms with Crippen molar-refractivity contribution in [1.82, 2.24) is 29.8 Å². The van der Waals surface area contributed by atoms with E-state index in [-0.39, 0.29) is 21.8 Å². The van der Waals surface area contributed by atoms with E-state index in [2.05, 4.69) is 20.2 Å². The summed E-state index contributed by atoms with van der Waals surface area (Å²) < 4.78 is 1.39. The fourth-order valence-electron chi connectivity index (χ4n) is 3.35. The standard InChI is InChI=1S/C19H18Cl2N6O2/c20-16-11-13(12-17(21)22-16)18(28)26-8-5-25(6-9-26)7-10-27-19(29)14-3-1-2-4-15(14)23-24-27/h1-4,11-12H,5-10H2. The number of hydrogen-bond acceptors (Lipinski definition) is 6. The van der Waals surface area contributed by atoms with Crippen molar-refractivity contribution < 1.29 is 4.79 Å². The third-order valence-corrected chi connectivity index (χ3v) is 5.31. The molecule has 1 aromatic carbocycles. The fraction of sp³-hybridized carbons (Fsp3) is 0.316. The zero-order chi connectivity index (χ0) is 20.4. The van der Waals surface area contributed by atoms with Gasteiger partial charge in [0.2, 0.25) is 0 Å². The first kappa shape index (κ1) is 19.8. The number of nitrogens with zero attached hydrogens (tertiary/aromatic N) is 6. The SMILES string of the molecule is O=C(c1cc(Cl)nc(Cl)c1)N1CCN(CCn2nnc3ccccc3c2=O)CC1. The molecule has 0 saturated carbocycles. The second-order valence-electron chi connectivity index (χ2n) is 6.77. The van der Waals surface area contributed by atoms with Gasteiger partial charge in [-0.05, 0) is 24.3 Å². The Hall–Kier alpha value is -2.55. The van der Waals surface area contributed by atoms with Crippen molar-refractivity contribution in [3.05, 3.63) is 62.6 Å². The molecular weight excluding hydrogens is 415 g/mol. The Morgan fingerprint density at radius 2 is 1.69 bits per heavy atom. The Kier molecular flexibility index (Phi) is 5.75. The van der Waals surface area contributed by atoms with Crippen LogP contribution in [0.25, 0.3) is 10.9 Å². The Morgan fingerprint density at radius 3 is 2.41 bits per heavy atom. The maximum atomic E-state index is 12.7. The zero-order valence-corrected chi connectivity index (χ0v) is 17.0. The average Bonchev–Trinajstić information content (AvgIpc) is 2.73. The lowest BCUT2D eigenvalue weighted by Crippen LogP contribution is -2.49. The number of halogens is 2. The predicted octanol–water partition coefficient (Wildman–Crippen LogP) is 1.95. The molecule has 0 atom stereocenters. The van der Waals surface area contributed by atoms with Crippen LogP contribution in [0.5, 0.6) is 0 Å². The summed E-state index contributed by atoms with van der Waals surface area (Å²) in [6.07, 6.45) is 0. The molecular formula is C19H18Cl2N6O2. The Morgan fingerprint density at radius 1 is 1.00 bits per heavy atom. The highest BCUT2D eigenvalue weighted by Crippen LogP contribution is 2.17. The largest absolute Gasteiger partial charge is 0.336 e. The molecule has 4 rings (SSSR count). The molecule has 1 aliphatic rings. The van der Waals surface area contributed by atoms with E-state index < -0.39 is 0 Å². The summed E-state index contributed by atoms with van der Waals surface area (Å²) in [4.78, 5) is 33.0. The molecule has 0 radical (unpaired) electrons. The van der Waals surface area contributed by atoms with Crippen LogP contribution in [-0.2, 0) is 6.54 Å². The summed E-state index contributed by atoms with van der Waals surface area (Å²) in [5, 5.41) is 9.08. The minimum Gasteiger partial charge on any atom is -0.336 e. The average molecular weight is 433 g/mol. The second kappa shape index (κ2) is 8.44. The zero-order valence-electron chi connectivity index (χ0n) is 15.5. The van der Waals surface area contributed by atoms with E-state index in [0.717, 1.165) is 0 Å². The van der Waals surface area contributed by atoms with Gasteiger partial charge in [0.1, 0.15) is 15.8 Å².